The van der Waals surface area contributed by atoms with Gasteiger partial charge in [-0.1, -0.05) is 29.8 Å². The van der Waals surface area contributed by atoms with E-state index in [4.69, 9.17) is 10.5 Å². The maximum atomic E-state index is 13.9. The number of nitrogens with zero attached hydrogens (tertiary/aromatic N) is 1. The van der Waals surface area contributed by atoms with Gasteiger partial charge in [0.2, 0.25) is 0 Å². The van der Waals surface area contributed by atoms with E-state index in [9.17, 15) is 17.6 Å². The highest BCUT2D eigenvalue weighted by molar-refractivity contribution is 7.90. The van der Waals surface area contributed by atoms with Gasteiger partial charge in [-0.3, -0.25) is 9.69 Å². The molecule has 0 spiro atoms. The van der Waals surface area contributed by atoms with Crippen LogP contribution in [0.25, 0.3) is 0 Å². The number of nitrogens with two attached hydrogens (primary N) is 1. The molecule has 3 aromatic rings. The molecular formula is C28H32FN3O4S. The number of nitrogens with one attached hydrogen (secondary N) is 1. The van der Waals surface area contributed by atoms with Crippen LogP contribution in [0, 0.1) is 26.6 Å². The van der Waals surface area contributed by atoms with Crippen LogP contribution in [0.15, 0.2) is 53.4 Å². The summed E-state index contributed by atoms with van der Waals surface area (Å²) in [4.78, 5) is 15.6. The summed E-state index contributed by atoms with van der Waals surface area (Å²) >= 11 is 0. The molecule has 196 valence electrons. The van der Waals surface area contributed by atoms with Crippen molar-refractivity contribution in [1.29, 1.82) is 0 Å². The number of ether oxygens (including phenoxy) is 1. The molecule has 3 aromatic carbocycles. The molecule has 1 aliphatic heterocycles. The first kappa shape index (κ1) is 26.6. The lowest BCUT2D eigenvalue weighted by molar-refractivity contribution is -0.131. The van der Waals surface area contributed by atoms with Crippen molar-refractivity contribution in [1.82, 2.24) is 9.62 Å². The summed E-state index contributed by atoms with van der Waals surface area (Å²) in [5.41, 5.74) is 9.85. The zero-order valence-corrected chi connectivity index (χ0v) is 22.5. The van der Waals surface area contributed by atoms with E-state index in [1.165, 1.54) is 0 Å². The molecule has 3 N–H and O–H groups in total. The first-order valence-corrected chi connectivity index (χ1v) is 13.6. The topological polar surface area (TPSA) is 102 Å². The highest BCUT2D eigenvalue weighted by atomic mass is 32.2. The monoisotopic (exact) mass is 525 g/mol. The Labute approximate surface area is 217 Å². The molecule has 37 heavy (non-hydrogen) atoms. The van der Waals surface area contributed by atoms with Crippen molar-refractivity contribution >= 4 is 21.6 Å². The van der Waals surface area contributed by atoms with E-state index in [0.717, 1.165) is 46.0 Å². The number of benzene rings is 3. The number of carbonyl (C=O) groups excluding carboxylic acids is 1. The molecule has 0 aromatic heterocycles. The van der Waals surface area contributed by atoms with Gasteiger partial charge < -0.3 is 10.5 Å². The number of amides is 1. The quantitative estimate of drug-likeness (QED) is 0.442. The predicted molar refractivity (Wildman–Crippen MR) is 141 cm³/mol. The van der Waals surface area contributed by atoms with Crippen LogP contribution in [0.3, 0.4) is 0 Å². The number of fused-ring (bicyclic) bond motifs is 1. The number of sulfonamides is 1. The van der Waals surface area contributed by atoms with Gasteiger partial charge in [0.05, 0.1) is 17.2 Å². The van der Waals surface area contributed by atoms with Crippen molar-refractivity contribution in [2.24, 2.45) is 0 Å². The van der Waals surface area contributed by atoms with Gasteiger partial charge >= 0.3 is 0 Å². The molecule has 0 saturated heterocycles. The highest BCUT2D eigenvalue weighted by Crippen LogP contribution is 2.44. The van der Waals surface area contributed by atoms with Gasteiger partial charge in [0, 0.05) is 18.7 Å². The smallest absolute Gasteiger partial charge is 0.264 e. The van der Waals surface area contributed by atoms with E-state index in [2.05, 4.69) is 16.9 Å². The van der Waals surface area contributed by atoms with Gasteiger partial charge in [0.1, 0.15) is 17.1 Å². The van der Waals surface area contributed by atoms with E-state index in [1.54, 1.807) is 13.0 Å². The number of halogens is 1. The van der Waals surface area contributed by atoms with Gasteiger partial charge in [-0.05, 0) is 81.1 Å². The molecule has 9 heteroatoms. The van der Waals surface area contributed by atoms with Gasteiger partial charge in [-0.2, -0.15) is 0 Å². The fraction of sp³-hybridized carbons (Fsp3) is 0.321. The van der Waals surface area contributed by atoms with Crippen molar-refractivity contribution in [3.63, 3.8) is 0 Å². The number of hydrogen-bond acceptors (Lipinski definition) is 6. The lowest BCUT2D eigenvalue weighted by atomic mass is 9.89. The Morgan fingerprint density at radius 2 is 1.81 bits per heavy atom. The predicted octanol–water partition coefficient (Wildman–Crippen LogP) is 4.47. The second kappa shape index (κ2) is 9.79. The minimum Gasteiger partial charge on any atom is -0.494 e. The number of rotatable bonds is 7. The zero-order valence-electron chi connectivity index (χ0n) is 21.7. The van der Waals surface area contributed by atoms with Gasteiger partial charge in [-0.15, -0.1) is 0 Å². The van der Waals surface area contributed by atoms with Crippen LogP contribution >= 0.6 is 0 Å². The van der Waals surface area contributed by atoms with Crippen molar-refractivity contribution in [3.8, 4) is 5.75 Å². The van der Waals surface area contributed by atoms with Crippen LogP contribution in [-0.4, -0.2) is 25.8 Å². The fourth-order valence-electron chi connectivity index (χ4n) is 5.09. The fourth-order valence-corrected chi connectivity index (χ4v) is 6.18. The van der Waals surface area contributed by atoms with Crippen LogP contribution in [0.2, 0.25) is 0 Å². The van der Waals surface area contributed by atoms with Crippen LogP contribution < -0.4 is 15.2 Å². The molecule has 0 fully saturated rings. The molecule has 1 aliphatic rings. The second-order valence-corrected chi connectivity index (χ2v) is 11.3. The standard InChI is InChI=1S/C28H32FN3O4S/c1-6-36-26-9-7-8-23-22(26)16-32(15-21-18(3)12-17(2)13-19(21)4)28(23,5)27(33)31-37(34,35)20-10-11-24(29)25(30)14-20/h7-14H,6,15-16,30H2,1-5H3,(H,31,33). The molecule has 1 unspecified atom stereocenters. The average molecular weight is 526 g/mol. The largest absolute Gasteiger partial charge is 0.494 e. The Morgan fingerprint density at radius 3 is 2.43 bits per heavy atom. The Bertz CT molecular complexity index is 1470. The minimum absolute atomic E-state index is 0.290. The molecule has 1 amide bonds. The zero-order chi connectivity index (χ0) is 27.1. The van der Waals surface area contributed by atoms with E-state index >= 15 is 0 Å². The number of hydrogen-bond donors (Lipinski definition) is 2. The first-order chi connectivity index (χ1) is 17.4. The Balaban J connectivity index is 1.78. The second-order valence-electron chi connectivity index (χ2n) is 9.64. The molecule has 0 bridgehead atoms. The molecule has 0 radical (unpaired) electrons. The maximum Gasteiger partial charge on any atom is 0.264 e. The summed E-state index contributed by atoms with van der Waals surface area (Å²) in [6.45, 7) is 11.0. The normalized spacial score (nSPS) is 17.5. The van der Waals surface area contributed by atoms with Gasteiger partial charge in [0.25, 0.3) is 15.9 Å². The summed E-state index contributed by atoms with van der Waals surface area (Å²) < 4.78 is 48.0. The van der Waals surface area contributed by atoms with Gasteiger partial charge in [0.15, 0.2) is 0 Å². The molecule has 0 aliphatic carbocycles. The van der Waals surface area contributed by atoms with Crippen LogP contribution in [0.5, 0.6) is 5.75 Å². The number of aryl methyl sites for hydroxylation is 3. The minimum atomic E-state index is -4.32. The van der Waals surface area contributed by atoms with Crippen molar-refractivity contribution < 1.29 is 22.3 Å². The Kier molecular flexibility index (Phi) is 7.05. The third-order valence-corrected chi connectivity index (χ3v) is 8.40. The third kappa shape index (κ3) is 4.81. The summed E-state index contributed by atoms with van der Waals surface area (Å²) in [5, 5.41) is 0. The van der Waals surface area contributed by atoms with Crippen molar-refractivity contribution in [3.05, 3.63) is 87.7 Å². The third-order valence-electron chi connectivity index (χ3n) is 7.08. The highest BCUT2D eigenvalue weighted by Gasteiger charge is 2.49. The summed E-state index contributed by atoms with van der Waals surface area (Å²) in [6, 6.07) is 12.7. The van der Waals surface area contributed by atoms with Crippen LogP contribution in [0.4, 0.5) is 10.1 Å². The summed E-state index contributed by atoms with van der Waals surface area (Å²) in [5.74, 6) is -0.793. The van der Waals surface area contributed by atoms with Crippen molar-refractivity contribution in [2.75, 3.05) is 12.3 Å². The molecule has 1 atom stereocenters. The molecule has 0 saturated carbocycles. The van der Waals surface area contributed by atoms with E-state index in [-0.39, 0.29) is 10.6 Å². The lowest BCUT2D eigenvalue weighted by Crippen LogP contribution is -2.52. The average Bonchev–Trinajstić information content (AvgIpc) is 3.11. The van der Waals surface area contributed by atoms with Gasteiger partial charge in [-0.25, -0.2) is 17.5 Å². The number of carbonyl (C=O) groups is 1. The van der Waals surface area contributed by atoms with Crippen molar-refractivity contribution in [2.45, 2.75) is 58.1 Å². The number of anilines is 1. The molecular weight excluding hydrogens is 493 g/mol. The number of nitrogen functional groups attached to an aromatic ring is 1. The Morgan fingerprint density at radius 1 is 1.14 bits per heavy atom. The van der Waals surface area contributed by atoms with Crippen LogP contribution in [-0.2, 0) is 33.4 Å². The van der Waals surface area contributed by atoms with E-state index in [1.807, 2.05) is 44.7 Å². The molecule has 7 nitrogen and oxygen atoms in total. The van der Waals surface area contributed by atoms with E-state index < -0.39 is 27.3 Å². The summed E-state index contributed by atoms with van der Waals surface area (Å²) in [7, 11) is -4.32. The molecule has 1 heterocycles. The maximum absolute atomic E-state index is 13.9. The lowest BCUT2D eigenvalue weighted by Gasteiger charge is -2.35. The SMILES string of the molecule is CCOc1cccc2c1CN(Cc1c(C)cc(C)cc1C)C2(C)C(=O)NS(=O)(=O)c1ccc(F)c(N)c1. The first-order valence-electron chi connectivity index (χ1n) is 12.1. The Hall–Kier alpha value is -3.43. The molecule has 4 rings (SSSR count). The van der Waals surface area contributed by atoms with Crippen LogP contribution in [0.1, 0.15) is 47.2 Å². The van der Waals surface area contributed by atoms with E-state index in [0.29, 0.717) is 31.0 Å². The summed E-state index contributed by atoms with van der Waals surface area (Å²) in [6.07, 6.45) is 0.